The molecule has 0 atom stereocenters. The van der Waals surface area contributed by atoms with Gasteiger partial charge in [-0.3, -0.25) is 4.79 Å². The van der Waals surface area contributed by atoms with Crippen molar-refractivity contribution in [2.75, 3.05) is 5.32 Å². The van der Waals surface area contributed by atoms with E-state index >= 15 is 0 Å². The Labute approximate surface area is 175 Å². The van der Waals surface area contributed by atoms with Gasteiger partial charge in [-0.1, -0.05) is 17.7 Å². The summed E-state index contributed by atoms with van der Waals surface area (Å²) in [6.07, 6.45) is 0.125. The van der Waals surface area contributed by atoms with E-state index in [0.717, 1.165) is 23.4 Å². The van der Waals surface area contributed by atoms with Crippen molar-refractivity contribution in [2.45, 2.75) is 13.3 Å². The van der Waals surface area contributed by atoms with Crippen LogP contribution in [0.4, 0.5) is 20.2 Å². The zero-order chi connectivity index (χ0) is 19.6. The zero-order valence-corrected chi connectivity index (χ0v) is 17.4. The summed E-state index contributed by atoms with van der Waals surface area (Å²) < 4.78 is 28.5. The Bertz CT molecular complexity index is 1080. The quantitative estimate of drug-likeness (QED) is 0.594. The minimum atomic E-state index is -0.737. The minimum Gasteiger partial charge on any atom is -0.326 e. The second-order valence-corrected chi connectivity index (χ2v) is 7.21. The highest BCUT2D eigenvalue weighted by Gasteiger charge is 2.10. The lowest BCUT2D eigenvalue weighted by Gasteiger charge is -2.07. The molecule has 0 fully saturated rings. The highest BCUT2D eigenvalue weighted by molar-refractivity contribution is 7.07. The first-order chi connectivity index (χ1) is 12.8. The third-order valence-corrected chi connectivity index (χ3v) is 5.31. The Kier molecular flexibility index (Phi) is 7.35. The molecule has 148 valence electrons. The molecule has 1 amide bonds. The topological polar surface area (TPSA) is 46.4 Å². The van der Waals surface area contributed by atoms with Crippen molar-refractivity contribution in [1.29, 1.82) is 0 Å². The van der Waals surface area contributed by atoms with Gasteiger partial charge in [0.05, 0.1) is 6.42 Å². The van der Waals surface area contributed by atoms with Gasteiger partial charge in [0.15, 0.2) is 10.6 Å². The van der Waals surface area contributed by atoms with Crippen LogP contribution in [-0.4, -0.2) is 10.5 Å². The van der Waals surface area contributed by atoms with E-state index in [-0.39, 0.29) is 30.4 Å². The fraction of sp³-hybridized carbons (Fsp3) is 0.158. The maximum Gasteiger partial charge on any atom is 0.230 e. The van der Waals surface area contributed by atoms with Gasteiger partial charge in [0, 0.05) is 34.9 Å². The number of rotatable bonds is 4. The maximum absolute atomic E-state index is 13.8. The van der Waals surface area contributed by atoms with Crippen molar-refractivity contribution >= 4 is 52.6 Å². The molecule has 4 nitrogen and oxygen atoms in total. The van der Waals surface area contributed by atoms with Gasteiger partial charge in [-0.2, -0.15) is 0 Å². The molecule has 3 rings (SSSR count). The molecule has 1 N–H and O–H groups in total. The summed E-state index contributed by atoms with van der Waals surface area (Å²) in [7, 11) is 1.74. The average molecular weight is 444 g/mol. The van der Waals surface area contributed by atoms with E-state index in [2.05, 4.69) is 10.3 Å². The van der Waals surface area contributed by atoms with Crippen LogP contribution in [0.15, 0.2) is 46.8 Å². The largest absolute Gasteiger partial charge is 0.326 e. The highest BCUT2D eigenvalue weighted by Crippen LogP contribution is 2.20. The Hall–Kier alpha value is -2.22. The van der Waals surface area contributed by atoms with Gasteiger partial charge in [-0.15, -0.1) is 23.7 Å². The predicted molar refractivity (Wildman–Crippen MR) is 111 cm³/mol. The van der Waals surface area contributed by atoms with Crippen LogP contribution in [0.2, 0.25) is 5.02 Å². The summed E-state index contributed by atoms with van der Waals surface area (Å²) in [5.74, 6) is -1.60. The maximum atomic E-state index is 13.8. The number of benzene rings is 2. The van der Waals surface area contributed by atoms with Crippen LogP contribution >= 0.6 is 35.3 Å². The molecular formula is C19H17Cl2F2N3OS. The summed E-state index contributed by atoms with van der Waals surface area (Å²) in [5.41, 5.74) is 2.31. The molecule has 3 aromatic rings. The van der Waals surface area contributed by atoms with Gasteiger partial charge < -0.3 is 9.88 Å². The van der Waals surface area contributed by atoms with Gasteiger partial charge >= 0.3 is 0 Å². The third kappa shape index (κ3) is 5.19. The SMILES string of the molecule is Cc1ccc(NC(=O)Cc2csc(=Nc3ccc(F)cc3F)n2C)cc1Cl.Cl. The van der Waals surface area contributed by atoms with Gasteiger partial charge in [-0.05, 0) is 36.8 Å². The molecule has 0 aliphatic rings. The fourth-order valence-electron chi connectivity index (χ4n) is 2.38. The standard InChI is InChI=1S/C19H16ClF2N3OS.ClH/c1-11-3-5-13(8-15(11)20)23-18(26)9-14-10-27-19(25(14)2)24-17-6-4-12(21)7-16(17)22;/h3-8,10H,9H2,1-2H3,(H,23,26);1H. The second kappa shape index (κ2) is 9.32. The number of anilines is 1. The van der Waals surface area contributed by atoms with E-state index in [1.165, 1.54) is 17.4 Å². The van der Waals surface area contributed by atoms with Crippen LogP contribution in [0, 0.1) is 18.6 Å². The lowest BCUT2D eigenvalue weighted by molar-refractivity contribution is -0.115. The van der Waals surface area contributed by atoms with Gasteiger partial charge in [0.1, 0.15) is 11.5 Å². The van der Waals surface area contributed by atoms with Crippen molar-refractivity contribution in [3.05, 3.63) is 74.5 Å². The van der Waals surface area contributed by atoms with Crippen LogP contribution < -0.4 is 10.1 Å². The molecule has 2 aromatic carbocycles. The lowest BCUT2D eigenvalue weighted by atomic mass is 10.2. The zero-order valence-electron chi connectivity index (χ0n) is 15.0. The Balaban J connectivity index is 0.00000280. The molecule has 0 unspecified atom stereocenters. The van der Waals surface area contributed by atoms with Crippen LogP contribution in [0.5, 0.6) is 0 Å². The Morgan fingerprint density at radius 2 is 2.00 bits per heavy atom. The summed E-state index contributed by atoms with van der Waals surface area (Å²) >= 11 is 7.34. The van der Waals surface area contributed by atoms with E-state index in [4.69, 9.17) is 11.6 Å². The molecule has 0 saturated heterocycles. The van der Waals surface area contributed by atoms with Gasteiger partial charge in [-0.25, -0.2) is 13.8 Å². The molecule has 0 spiro atoms. The van der Waals surface area contributed by atoms with Crippen LogP contribution in [-0.2, 0) is 18.3 Å². The number of carbonyl (C=O) groups excluding carboxylic acids is 1. The van der Waals surface area contributed by atoms with Crippen LogP contribution in [0.3, 0.4) is 0 Å². The smallest absolute Gasteiger partial charge is 0.230 e. The second-order valence-electron chi connectivity index (χ2n) is 5.97. The highest BCUT2D eigenvalue weighted by atomic mass is 35.5. The first kappa shape index (κ1) is 22.1. The summed E-state index contributed by atoms with van der Waals surface area (Å²) in [6, 6.07) is 8.52. The number of amides is 1. The fourth-order valence-corrected chi connectivity index (χ4v) is 3.47. The van der Waals surface area contributed by atoms with Crippen LogP contribution in [0.25, 0.3) is 0 Å². The molecule has 0 radical (unpaired) electrons. The molecule has 0 bridgehead atoms. The number of carbonyl (C=O) groups is 1. The van der Waals surface area contributed by atoms with E-state index in [0.29, 0.717) is 15.5 Å². The molecule has 0 aliphatic carbocycles. The Morgan fingerprint density at radius 3 is 2.68 bits per heavy atom. The van der Waals surface area contributed by atoms with E-state index < -0.39 is 11.6 Å². The van der Waals surface area contributed by atoms with E-state index in [1.54, 1.807) is 29.1 Å². The predicted octanol–water partition coefficient (Wildman–Crippen LogP) is 5.16. The number of aryl methyl sites for hydroxylation is 1. The normalized spacial score (nSPS) is 11.2. The number of halogens is 4. The average Bonchev–Trinajstić information content (AvgIpc) is 2.94. The van der Waals surface area contributed by atoms with E-state index in [1.807, 2.05) is 13.0 Å². The third-order valence-electron chi connectivity index (χ3n) is 3.94. The molecular weight excluding hydrogens is 427 g/mol. The number of hydrogen-bond acceptors (Lipinski definition) is 3. The van der Waals surface area contributed by atoms with Gasteiger partial charge in [0.25, 0.3) is 0 Å². The Morgan fingerprint density at radius 1 is 1.25 bits per heavy atom. The summed E-state index contributed by atoms with van der Waals surface area (Å²) in [5, 5.41) is 5.16. The van der Waals surface area contributed by atoms with Crippen molar-refractivity contribution < 1.29 is 13.6 Å². The molecule has 0 aliphatic heterocycles. The number of thiazole rings is 1. The number of nitrogens with one attached hydrogen (secondary N) is 1. The molecule has 0 saturated carbocycles. The van der Waals surface area contributed by atoms with Gasteiger partial charge in [0.2, 0.25) is 5.91 Å². The first-order valence-corrected chi connectivity index (χ1v) is 9.28. The molecule has 9 heteroatoms. The van der Waals surface area contributed by atoms with Crippen molar-refractivity contribution in [3.8, 4) is 0 Å². The first-order valence-electron chi connectivity index (χ1n) is 8.02. The van der Waals surface area contributed by atoms with E-state index in [9.17, 15) is 13.6 Å². The molecule has 1 aromatic heterocycles. The lowest BCUT2D eigenvalue weighted by Crippen LogP contribution is -2.19. The number of nitrogens with zero attached hydrogens (tertiary/aromatic N) is 2. The minimum absolute atomic E-state index is 0. The molecule has 1 heterocycles. The summed E-state index contributed by atoms with van der Waals surface area (Å²) in [4.78, 5) is 17.0. The number of hydrogen-bond donors (Lipinski definition) is 1. The van der Waals surface area contributed by atoms with Crippen molar-refractivity contribution in [1.82, 2.24) is 4.57 Å². The van der Waals surface area contributed by atoms with Crippen molar-refractivity contribution in [3.63, 3.8) is 0 Å². The summed E-state index contributed by atoms with van der Waals surface area (Å²) in [6.45, 7) is 1.88. The monoisotopic (exact) mass is 443 g/mol. The van der Waals surface area contributed by atoms with Crippen molar-refractivity contribution in [2.24, 2.45) is 12.0 Å². The number of aromatic nitrogens is 1. The van der Waals surface area contributed by atoms with Crippen LogP contribution in [0.1, 0.15) is 11.3 Å². The molecule has 28 heavy (non-hydrogen) atoms.